The minimum atomic E-state index is -4.04. The third kappa shape index (κ3) is 6.60. The molecule has 0 aromatic carbocycles. The fraction of sp³-hybridized carbons (Fsp3) is 0.957. The van der Waals surface area contributed by atoms with E-state index < -0.39 is 12.1 Å². The zero-order valence-electron chi connectivity index (χ0n) is 17.7. The van der Waals surface area contributed by atoms with Gasteiger partial charge in [-0.05, 0) is 82.5 Å². The number of alkyl halides is 3. The highest BCUT2D eigenvalue weighted by atomic mass is 19.4. The molecular formula is C23H37F3O3. The third-order valence-corrected chi connectivity index (χ3v) is 7.43. The molecule has 2 saturated carbocycles. The maximum Gasteiger partial charge on any atom is 0.391 e. The van der Waals surface area contributed by atoms with E-state index in [1.54, 1.807) is 0 Å². The molecule has 0 amide bonds. The van der Waals surface area contributed by atoms with E-state index in [2.05, 4.69) is 6.92 Å². The van der Waals surface area contributed by atoms with Crippen molar-refractivity contribution in [1.82, 2.24) is 0 Å². The Hall–Kier alpha value is -0.780. The van der Waals surface area contributed by atoms with Crippen LogP contribution in [0.3, 0.4) is 0 Å². The maximum absolute atomic E-state index is 12.8. The first-order chi connectivity index (χ1) is 13.9. The van der Waals surface area contributed by atoms with E-state index in [1.807, 2.05) is 0 Å². The van der Waals surface area contributed by atoms with Crippen LogP contribution >= 0.6 is 0 Å². The highest BCUT2D eigenvalue weighted by Crippen LogP contribution is 2.41. The minimum Gasteiger partial charge on any atom is -0.462 e. The largest absolute Gasteiger partial charge is 0.462 e. The molecule has 2 aliphatic carbocycles. The molecule has 3 fully saturated rings. The van der Waals surface area contributed by atoms with E-state index in [-0.39, 0.29) is 42.9 Å². The molecule has 1 saturated heterocycles. The van der Waals surface area contributed by atoms with E-state index in [0.717, 1.165) is 57.8 Å². The second kappa shape index (κ2) is 10.5. The Bertz CT molecular complexity index is 506. The Balaban J connectivity index is 1.32. The first kappa shape index (κ1) is 22.9. The van der Waals surface area contributed by atoms with Crippen LogP contribution in [0, 0.1) is 23.7 Å². The summed E-state index contributed by atoms with van der Waals surface area (Å²) in [5.74, 6) is -0.406. The van der Waals surface area contributed by atoms with Crippen LogP contribution in [0.25, 0.3) is 0 Å². The number of cyclic esters (lactones) is 1. The lowest BCUT2D eigenvalue weighted by atomic mass is 9.75. The van der Waals surface area contributed by atoms with Crippen LogP contribution in [-0.4, -0.2) is 31.0 Å². The van der Waals surface area contributed by atoms with Crippen molar-refractivity contribution in [3.8, 4) is 0 Å². The smallest absolute Gasteiger partial charge is 0.391 e. The summed E-state index contributed by atoms with van der Waals surface area (Å²) in [4.78, 5) is 12.4. The number of carbonyl (C=O) groups excluding carboxylic acids is 1. The molecule has 3 rings (SSSR count). The monoisotopic (exact) mass is 418 g/mol. The summed E-state index contributed by atoms with van der Waals surface area (Å²) in [6, 6.07) is 0. The lowest BCUT2D eigenvalue weighted by molar-refractivity contribution is -0.185. The summed E-state index contributed by atoms with van der Waals surface area (Å²) in [6.45, 7) is 2.74. The van der Waals surface area contributed by atoms with Crippen LogP contribution in [0.15, 0.2) is 0 Å². The van der Waals surface area contributed by atoms with Gasteiger partial charge in [-0.1, -0.05) is 19.8 Å². The summed E-state index contributed by atoms with van der Waals surface area (Å²) in [7, 11) is 0. The van der Waals surface area contributed by atoms with Crippen molar-refractivity contribution in [3.05, 3.63) is 0 Å². The first-order valence-corrected chi connectivity index (χ1v) is 11.8. The molecular weight excluding hydrogens is 381 g/mol. The highest BCUT2D eigenvalue weighted by Gasteiger charge is 2.42. The Labute approximate surface area is 173 Å². The number of esters is 1. The summed E-state index contributed by atoms with van der Waals surface area (Å²) >= 11 is 0. The molecule has 0 aromatic rings. The van der Waals surface area contributed by atoms with E-state index in [4.69, 9.17) is 9.47 Å². The van der Waals surface area contributed by atoms with Crippen molar-refractivity contribution in [2.75, 3.05) is 6.61 Å². The molecule has 1 aliphatic heterocycles. The van der Waals surface area contributed by atoms with Gasteiger partial charge in [-0.2, -0.15) is 13.2 Å². The number of carbonyl (C=O) groups is 1. The molecule has 0 N–H and O–H groups in total. The van der Waals surface area contributed by atoms with Crippen molar-refractivity contribution in [2.24, 2.45) is 23.7 Å². The topological polar surface area (TPSA) is 35.5 Å². The number of halogens is 3. The van der Waals surface area contributed by atoms with Crippen molar-refractivity contribution in [1.29, 1.82) is 0 Å². The summed E-state index contributed by atoms with van der Waals surface area (Å²) in [5, 5.41) is 0. The maximum atomic E-state index is 12.8. The van der Waals surface area contributed by atoms with Gasteiger partial charge in [0, 0.05) is 6.61 Å². The molecule has 6 heteroatoms. The van der Waals surface area contributed by atoms with Crippen LogP contribution < -0.4 is 0 Å². The molecule has 0 radical (unpaired) electrons. The number of hydrogen-bond donors (Lipinski definition) is 0. The fourth-order valence-corrected chi connectivity index (χ4v) is 5.44. The van der Waals surface area contributed by atoms with Crippen LogP contribution in [0.2, 0.25) is 0 Å². The summed E-state index contributed by atoms with van der Waals surface area (Å²) in [6.07, 6.45) is 7.05. The van der Waals surface area contributed by atoms with E-state index in [0.29, 0.717) is 25.4 Å². The molecule has 0 bridgehead atoms. The van der Waals surface area contributed by atoms with Crippen LogP contribution in [-0.2, 0) is 14.3 Å². The normalized spacial score (nSPS) is 36.6. The molecule has 2 unspecified atom stereocenters. The fourth-order valence-electron chi connectivity index (χ4n) is 5.44. The highest BCUT2D eigenvalue weighted by molar-refractivity contribution is 5.73. The quantitative estimate of drug-likeness (QED) is 0.446. The predicted molar refractivity (Wildman–Crippen MR) is 105 cm³/mol. The minimum absolute atomic E-state index is 0.00291. The van der Waals surface area contributed by atoms with Gasteiger partial charge in [-0.25, -0.2) is 0 Å². The van der Waals surface area contributed by atoms with Gasteiger partial charge in [-0.3, -0.25) is 4.79 Å². The number of hydrogen-bond acceptors (Lipinski definition) is 3. The molecule has 29 heavy (non-hydrogen) atoms. The van der Waals surface area contributed by atoms with Gasteiger partial charge in [0.05, 0.1) is 17.9 Å². The molecule has 0 aromatic heterocycles. The molecule has 168 valence electrons. The molecule has 1 heterocycles. The second-order valence-corrected chi connectivity index (χ2v) is 9.51. The Morgan fingerprint density at radius 3 is 2.24 bits per heavy atom. The SMILES string of the molecule is CCCCC1CCC(C2CCC(OCC3CCC(C(F)(F)F)CC3)CC2)C(=O)O1. The van der Waals surface area contributed by atoms with Gasteiger partial charge < -0.3 is 9.47 Å². The lowest BCUT2D eigenvalue weighted by Crippen LogP contribution is -2.37. The zero-order chi connectivity index (χ0) is 20.9. The second-order valence-electron chi connectivity index (χ2n) is 9.51. The molecule has 0 spiro atoms. The van der Waals surface area contributed by atoms with Gasteiger partial charge >= 0.3 is 12.1 Å². The number of ether oxygens (including phenoxy) is 2. The van der Waals surface area contributed by atoms with Crippen molar-refractivity contribution in [3.63, 3.8) is 0 Å². The first-order valence-electron chi connectivity index (χ1n) is 11.8. The van der Waals surface area contributed by atoms with E-state index >= 15 is 0 Å². The van der Waals surface area contributed by atoms with Crippen LogP contribution in [0.4, 0.5) is 13.2 Å². The predicted octanol–water partition coefficient (Wildman–Crippen LogP) is 6.44. The van der Waals surface area contributed by atoms with E-state index in [1.165, 1.54) is 0 Å². The van der Waals surface area contributed by atoms with Gasteiger partial charge in [0.25, 0.3) is 0 Å². The average Bonchev–Trinajstić information content (AvgIpc) is 2.71. The standard InChI is InChI=1S/C23H37F3O3/c1-2-3-4-20-13-14-21(22(27)29-20)17-7-11-19(12-8-17)28-15-16-5-9-18(10-6-16)23(24,25)26/h16-21H,2-15H2,1H3. The van der Waals surface area contributed by atoms with Crippen molar-refractivity contribution < 1.29 is 27.4 Å². The Morgan fingerprint density at radius 2 is 1.66 bits per heavy atom. The number of rotatable bonds is 7. The summed E-state index contributed by atoms with van der Waals surface area (Å²) in [5.41, 5.74) is 0. The molecule has 3 nitrogen and oxygen atoms in total. The number of unbranched alkanes of at least 4 members (excludes halogenated alkanes) is 1. The van der Waals surface area contributed by atoms with Gasteiger partial charge in [0.1, 0.15) is 6.10 Å². The van der Waals surface area contributed by atoms with Crippen LogP contribution in [0.1, 0.15) is 90.4 Å². The van der Waals surface area contributed by atoms with Gasteiger partial charge in [0.2, 0.25) is 0 Å². The van der Waals surface area contributed by atoms with Gasteiger partial charge in [-0.15, -0.1) is 0 Å². The third-order valence-electron chi connectivity index (χ3n) is 7.43. The van der Waals surface area contributed by atoms with Gasteiger partial charge in [0.15, 0.2) is 0 Å². The Kier molecular flexibility index (Phi) is 8.29. The molecule has 3 aliphatic rings. The lowest BCUT2D eigenvalue weighted by Gasteiger charge is -2.37. The van der Waals surface area contributed by atoms with Crippen molar-refractivity contribution >= 4 is 5.97 Å². The van der Waals surface area contributed by atoms with Crippen molar-refractivity contribution in [2.45, 2.75) is 109 Å². The zero-order valence-corrected chi connectivity index (χ0v) is 17.7. The average molecular weight is 419 g/mol. The molecule has 2 atom stereocenters. The van der Waals surface area contributed by atoms with E-state index in [9.17, 15) is 18.0 Å². The van der Waals surface area contributed by atoms with Crippen LogP contribution in [0.5, 0.6) is 0 Å². The Morgan fingerprint density at radius 1 is 0.966 bits per heavy atom. The summed E-state index contributed by atoms with van der Waals surface area (Å²) < 4.78 is 50.1.